The predicted octanol–water partition coefficient (Wildman–Crippen LogP) is 5.03. The van der Waals surface area contributed by atoms with Crippen molar-refractivity contribution in [3.05, 3.63) is 68.2 Å². The number of carbonyl (C=O) groups excluding carboxylic acids is 2. The van der Waals surface area contributed by atoms with Gasteiger partial charge in [0.15, 0.2) is 0 Å². The minimum absolute atomic E-state index is 0.0348. The van der Waals surface area contributed by atoms with Crippen molar-refractivity contribution in [2.75, 3.05) is 33.8 Å². The van der Waals surface area contributed by atoms with Gasteiger partial charge in [-0.15, -0.1) is 0 Å². The van der Waals surface area contributed by atoms with Crippen LogP contribution in [0.15, 0.2) is 42.0 Å². The number of aliphatic hydroxyl groups excluding tert-OH is 1. The van der Waals surface area contributed by atoms with E-state index in [1.807, 2.05) is 25.9 Å². The molecule has 3 rings (SSSR count). The Bertz CT molecular complexity index is 1080. The highest BCUT2D eigenvalue weighted by atomic mass is 35.5. The number of hydrogen-bond donors (Lipinski definition) is 1. The summed E-state index contributed by atoms with van der Waals surface area (Å²) in [5.41, 5.74) is 0.831. The molecular weight excluding hydrogens is 475 g/mol. The summed E-state index contributed by atoms with van der Waals surface area (Å²) in [4.78, 5) is 29.3. The van der Waals surface area contributed by atoms with Gasteiger partial charge in [0, 0.05) is 18.7 Å². The first kappa shape index (κ1) is 24.4. The Hall–Kier alpha value is -2.25. The normalized spacial score (nSPS) is 18.0. The zero-order valence-corrected chi connectivity index (χ0v) is 20.1. The van der Waals surface area contributed by atoms with Crippen molar-refractivity contribution in [1.29, 1.82) is 0 Å². The third-order valence-corrected chi connectivity index (χ3v) is 6.13. The largest absolute Gasteiger partial charge is 0.507 e. The molecule has 1 aliphatic heterocycles. The van der Waals surface area contributed by atoms with Gasteiger partial charge >= 0.3 is 0 Å². The molecule has 1 heterocycles. The number of aliphatic hydroxyl groups is 1. The molecule has 0 radical (unpaired) electrons. The van der Waals surface area contributed by atoms with Crippen LogP contribution in [0.25, 0.3) is 5.76 Å². The first-order valence-corrected chi connectivity index (χ1v) is 11.1. The molecule has 1 N–H and O–H groups in total. The van der Waals surface area contributed by atoms with Gasteiger partial charge in [-0.05, 0) is 56.9 Å². The van der Waals surface area contributed by atoms with E-state index < -0.39 is 17.7 Å². The Morgan fingerprint density at radius 1 is 1.06 bits per heavy atom. The summed E-state index contributed by atoms with van der Waals surface area (Å²) < 4.78 is 5.43. The van der Waals surface area contributed by atoms with Crippen LogP contribution in [0.1, 0.15) is 24.1 Å². The lowest BCUT2D eigenvalue weighted by Crippen LogP contribution is -2.35. The molecule has 1 unspecified atom stereocenters. The number of carbonyl (C=O) groups is 2. The van der Waals surface area contributed by atoms with Crippen molar-refractivity contribution in [3.63, 3.8) is 0 Å². The summed E-state index contributed by atoms with van der Waals surface area (Å²) in [5, 5.41) is 12.0. The molecule has 0 spiro atoms. The quantitative estimate of drug-likeness (QED) is 0.330. The minimum Gasteiger partial charge on any atom is -0.507 e. The highest BCUT2D eigenvalue weighted by Crippen LogP contribution is 2.41. The fraction of sp³-hybridized carbons (Fsp3) is 0.304. The van der Waals surface area contributed by atoms with Gasteiger partial charge in [0.25, 0.3) is 11.7 Å². The van der Waals surface area contributed by atoms with Crippen LogP contribution in [0.4, 0.5) is 0 Å². The van der Waals surface area contributed by atoms with E-state index in [1.54, 1.807) is 30.3 Å². The van der Waals surface area contributed by atoms with E-state index in [-0.39, 0.29) is 27.9 Å². The molecule has 1 fully saturated rings. The molecule has 0 saturated carbocycles. The maximum absolute atomic E-state index is 13.0. The van der Waals surface area contributed by atoms with Crippen LogP contribution >= 0.6 is 34.8 Å². The number of rotatable bonds is 7. The fourth-order valence-corrected chi connectivity index (χ4v) is 4.07. The number of halogens is 3. The van der Waals surface area contributed by atoms with Gasteiger partial charge in [-0.2, -0.15) is 0 Å². The van der Waals surface area contributed by atoms with Gasteiger partial charge in [-0.25, -0.2) is 0 Å². The van der Waals surface area contributed by atoms with Gasteiger partial charge in [0.05, 0.1) is 33.3 Å². The maximum atomic E-state index is 13.0. The van der Waals surface area contributed by atoms with Crippen LogP contribution < -0.4 is 4.74 Å². The van der Waals surface area contributed by atoms with Crippen molar-refractivity contribution in [2.45, 2.75) is 13.0 Å². The van der Waals surface area contributed by atoms with Crippen LogP contribution in [0.2, 0.25) is 15.1 Å². The molecule has 6 nitrogen and oxygen atoms in total. The predicted molar refractivity (Wildman–Crippen MR) is 127 cm³/mol. The van der Waals surface area contributed by atoms with Crippen molar-refractivity contribution < 1.29 is 19.4 Å². The Kier molecular flexibility index (Phi) is 7.72. The number of ketones is 1. The second-order valence-electron chi connectivity index (χ2n) is 7.55. The molecule has 1 amide bonds. The molecular formula is C23H23Cl3N2O4. The van der Waals surface area contributed by atoms with Crippen molar-refractivity contribution >= 4 is 52.3 Å². The van der Waals surface area contributed by atoms with E-state index in [9.17, 15) is 14.7 Å². The monoisotopic (exact) mass is 496 g/mol. The molecule has 2 aromatic carbocycles. The van der Waals surface area contributed by atoms with E-state index in [0.717, 1.165) is 0 Å². The number of nitrogens with zero attached hydrogens (tertiary/aromatic N) is 2. The molecule has 2 aromatic rings. The van der Waals surface area contributed by atoms with Gasteiger partial charge in [-0.3, -0.25) is 9.59 Å². The van der Waals surface area contributed by atoms with Gasteiger partial charge in [-0.1, -0.05) is 40.9 Å². The first-order chi connectivity index (χ1) is 15.1. The number of benzene rings is 2. The fourth-order valence-electron chi connectivity index (χ4n) is 3.52. The number of likely N-dealkylation sites (tertiary alicyclic amines) is 1. The third kappa shape index (κ3) is 4.89. The summed E-state index contributed by atoms with van der Waals surface area (Å²) >= 11 is 18.5. The molecule has 170 valence electrons. The molecule has 9 heteroatoms. The molecule has 0 bridgehead atoms. The lowest BCUT2D eigenvalue weighted by atomic mass is 9.95. The Morgan fingerprint density at radius 2 is 1.78 bits per heavy atom. The van der Waals surface area contributed by atoms with Crippen molar-refractivity contribution in [2.24, 2.45) is 0 Å². The number of Topliss-reactive ketones (excluding diaryl/α,β-unsaturated/α-hetero) is 1. The topological polar surface area (TPSA) is 70.1 Å². The lowest BCUT2D eigenvalue weighted by Gasteiger charge is -2.26. The highest BCUT2D eigenvalue weighted by Gasteiger charge is 2.46. The zero-order valence-electron chi connectivity index (χ0n) is 17.9. The molecule has 1 saturated heterocycles. The van der Waals surface area contributed by atoms with Crippen LogP contribution in [0, 0.1) is 0 Å². The number of likely N-dealkylation sites (N-methyl/N-ethyl adjacent to an activating group) is 1. The Balaban J connectivity index is 2.15. The SMILES string of the molecule is CCOc1ccc(/C(O)=C2\C(=O)C(=O)N(CCN(C)C)C2c2ccc(Cl)c(Cl)c2)cc1Cl. The molecule has 0 aromatic heterocycles. The first-order valence-electron chi connectivity index (χ1n) is 9.96. The summed E-state index contributed by atoms with van der Waals surface area (Å²) in [6, 6.07) is 8.76. The second-order valence-corrected chi connectivity index (χ2v) is 8.77. The number of ether oxygens (including phenoxy) is 1. The van der Waals surface area contributed by atoms with Crippen LogP contribution in [0.5, 0.6) is 5.75 Å². The number of hydrogen-bond acceptors (Lipinski definition) is 5. The van der Waals surface area contributed by atoms with Crippen molar-refractivity contribution in [3.8, 4) is 5.75 Å². The summed E-state index contributed by atoms with van der Waals surface area (Å²) in [7, 11) is 3.74. The minimum atomic E-state index is -0.824. The molecule has 1 atom stereocenters. The molecule has 32 heavy (non-hydrogen) atoms. The summed E-state index contributed by atoms with van der Waals surface area (Å²) in [6.07, 6.45) is 0. The van der Waals surface area contributed by atoms with Gasteiger partial charge in [0.1, 0.15) is 11.5 Å². The molecule has 0 aliphatic carbocycles. The van der Waals surface area contributed by atoms with Crippen LogP contribution in [0.3, 0.4) is 0 Å². The number of amides is 1. The van der Waals surface area contributed by atoms with E-state index >= 15 is 0 Å². The average Bonchev–Trinajstić information content (AvgIpc) is 3.00. The van der Waals surface area contributed by atoms with Crippen LogP contribution in [-0.4, -0.2) is 60.4 Å². The Labute approximate surface area is 201 Å². The Morgan fingerprint density at radius 3 is 2.38 bits per heavy atom. The summed E-state index contributed by atoms with van der Waals surface area (Å²) in [5.74, 6) is -1.33. The highest BCUT2D eigenvalue weighted by molar-refractivity contribution is 6.47. The smallest absolute Gasteiger partial charge is 0.295 e. The van der Waals surface area contributed by atoms with Crippen molar-refractivity contribution in [1.82, 2.24) is 9.80 Å². The average molecular weight is 498 g/mol. The lowest BCUT2D eigenvalue weighted by molar-refractivity contribution is -0.140. The second kappa shape index (κ2) is 10.1. The maximum Gasteiger partial charge on any atom is 0.295 e. The standard InChI is InChI=1S/C23H23Cl3N2O4/c1-4-32-18-8-6-14(12-17(18)26)21(29)19-20(13-5-7-15(24)16(25)11-13)28(10-9-27(2)3)23(31)22(19)30/h5-8,11-12,20,29H,4,9-10H2,1-3H3/b21-19+. The van der Waals surface area contributed by atoms with E-state index in [4.69, 9.17) is 39.5 Å². The molecule has 1 aliphatic rings. The van der Waals surface area contributed by atoms with Gasteiger partial charge in [0.2, 0.25) is 0 Å². The van der Waals surface area contributed by atoms with E-state index in [0.29, 0.717) is 35.1 Å². The zero-order chi connectivity index (χ0) is 23.6. The third-order valence-electron chi connectivity index (χ3n) is 5.09. The van der Waals surface area contributed by atoms with E-state index in [1.165, 1.54) is 11.0 Å². The van der Waals surface area contributed by atoms with E-state index in [2.05, 4.69) is 0 Å². The van der Waals surface area contributed by atoms with Crippen LogP contribution in [-0.2, 0) is 9.59 Å². The summed E-state index contributed by atoms with van der Waals surface area (Å²) in [6.45, 7) is 3.07. The van der Waals surface area contributed by atoms with Gasteiger partial charge < -0.3 is 19.6 Å².